The molecule has 2 aromatic carbocycles. The van der Waals surface area contributed by atoms with Gasteiger partial charge in [0, 0.05) is 17.4 Å². The van der Waals surface area contributed by atoms with Gasteiger partial charge in [-0.15, -0.1) is 0 Å². The van der Waals surface area contributed by atoms with Crippen molar-refractivity contribution in [3.8, 4) is 5.69 Å². The van der Waals surface area contributed by atoms with Crippen LogP contribution in [0.5, 0.6) is 0 Å². The average Bonchev–Trinajstić information content (AvgIpc) is 3.02. The van der Waals surface area contributed by atoms with E-state index in [4.69, 9.17) is 0 Å². The topological polar surface area (TPSA) is 46.9 Å². The number of hydrogen-bond acceptors (Lipinski definition) is 2. The number of benzene rings is 2. The maximum absolute atomic E-state index is 13.5. The minimum atomic E-state index is -4.57. The zero-order chi connectivity index (χ0) is 19.8. The van der Waals surface area contributed by atoms with Crippen LogP contribution in [0.1, 0.15) is 32.7 Å². The van der Waals surface area contributed by atoms with E-state index < -0.39 is 17.6 Å². The van der Waals surface area contributed by atoms with Crippen molar-refractivity contribution in [2.24, 2.45) is 0 Å². The number of aromatic nitrogens is 2. The molecule has 1 heterocycles. The van der Waals surface area contributed by atoms with Crippen LogP contribution in [0.2, 0.25) is 0 Å². The lowest BCUT2D eigenvalue weighted by atomic mass is 10.1. The van der Waals surface area contributed by atoms with Crippen molar-refractivity contribution in [3.05, 3.63) is 76.9 Å². The zero-order valence-corrected chi connectivity index (χ0v) is 15.1. The number of rotatable bonds is 3. The summed E-state index contributed by atoms with van der Waals surface area (Å²) in [6.45, 7) is 5.49. The third kappa shape index (κ3) is 4.02. The molecule has 0 saturated carbocycles. The number of aryl methyl sites for hydroxylation is 3. The van der Waals surface area contributed by atoms with Crippen molar-refractivity contribution >= 4 is 11.6 Å². The van der Waals surface area contributed by atoms with Gasteiger partial charge < -0.3 is 9.88 Å². The van der Waals surface area contributed by atoms with Crippen LogP contribution in [-0.4, -0.2) is 15.5 Å². The molecule has 140 valence electrons. The van der Waals surface area contributed by atoms with Crippen LogP contribution >= 0.6 is 0 Å². The first kappa shape index (κ1) is 18.7. The van der Waals surface area contributed by atoms with E-state index in [9.17, 15) is 18.0 Å². The summed E-state index contributed by atoms with van der Waals surface area (Å²) in [6.07, 6.45) is -1.74. The molecule has 0 aliphatic carbocycles. The number of halogens is 3. The Bertz CT molecular complexity index is 1010. The molecule has 0 saturated heterocycles. The number of nitrogens with zero attached hydrogens (tertiary/aromatic N) is 2. The summed E-state index contributed by atoms with van der Waals surface area (Å²) in [4.78, 5) is 16.4. The predicted molar refractivity (Wildman–Crippen MR) is 97.2 cm³/mol. The third-order valence-corrected chi connectivity index (χ3v) is 4.32. The number of amides is 1. The number of nitrogens with one attached hydrogen (secondary N) is 1. The number of imidazole rings is 1. The highest BCUT2D eigenvalue weighted by molar-refractivity contribution is 6.04. The number of carbonyl (C=O) groups is 1. The van der Waals surface area contributed by atoms with E-state index >= 15 is 0 Å². The van der Waals surface area contributed by atoms with Gasteiger partial charge in [0.25, 0.3) is 5.91 Å². The van der Waals surface area contributed by atoms with Gasteiger partial charge in [-0.3, -0.25) is 4.79 Å². The highest BCUT2D eigenvalue weighted by Gasteiger charge is 2.34. The van der Waals surface area contributed by atoms with Crippen molar-refractivity contribution in [1.82, 2.24) is 9.55 Å². The maximum atomic E-state index is 13.5. The van der Waals surface area contributed by atoms with Crippen LogP contribution in [0.3, 0.4) is 0 Å². The third-order valence-electron chi connectivity index (χ3n) is 4.32. The molecule has 27 heavy (non-hydrogen) atoms. The smallest absolute Gasteiger partial charge is 0.322 e. The summed E-state index contributed by atoms with van der Waals surface area (Å²) in [5.41, 5.74) is 2.14. The van der Waals surface area contributed by atoms with Crippen molar-refractivity contribution < 1.29 is 18.0 Å². The SMILES string of the molecule is Cc1cn(-c2ccc(NC(=O)c3ccc(C)c(C)c3)cc2C(F)(F)F)cn1. The van der Waals surface area contributed by atoms with Crippen molar-refractivity contribution in [2.45, 2.75) is 26.9 Å². The van der Waals surface area contributed by atoms with E-state index in [2.05, 4.69) is 10.3 Å². The Kier molecular flexibility index (Phi) is 4.78. The molecule has 3 aromatic rings. The van der Waals surface area contributed by atoms with E-state index in [1.165, 1.54) is 29.2 Å². The Morgan fingerprint density at radius 2 is 1.78 bits per heavy atom. The maximum Gasteiger partial charge on any atom is 0.418 e. The molecule has 1 amide bonds. The zero-order valence-electron chi connectivity index (χ0n) is 15.1. The molecule has 0 aliphatic heterocycles. The van der Waals surface area contributed by atoms with Crippen LogP contribution in [-0.2, 0) is 6.18 Å². The van der Waals surface area contributed by atoms with Gasteiger partial charge >= 0.3 is 6.18 Å². The fourth-order valence-electron chi connectivity index (χ4n) is 2.70. The number of hydrogen-bond donors (Lipinski definition) is 1. The number of carbonyl (C=O) groups excluding carboxylic acids is 1. The lowest BCUT2D eigenvalue weighted by Gasteiger charge is -2.15. The quantitative estimate of drug-likeness (QED) is 0.697. The molecule has 4 nitrogen and oxygen atoms in total. The largest absolute Gasteiger partial charge is 0.418 e. The summed E-state index contributed by atoms with van der Waals surface area (Å²) in [5, 5.41) is 2.54. The second kappa shape index (κ2) is 6.90. The summed E-state index contributed by atoms with van der Waals surface area (Å²) in [6, 6.07) is 8.85. The second-order valence-corrected chi connectivity index (χ2v) is 6.41. The van der Waals surface area contributed by atoms with E-state index in [0.717, 1.165) is 17.2 Å². The lowest BCUT2D eigenvalue weighted by molar-refractivity contribution is -0.137. The molecule has 0 spiro atoms. The van der Waals surface area contributed by atoms with Crippen molar-refractivity contribution in [2.75, 3.05) is 5.32 Å². The molecule has 0 atom stereocenters. The normalized spacial score (nSPS) is 11.5. The summed E-state index contributed by atoms with van der Waals surface area (Å²) >= 11 is 0. The highest BCUT2D eigenvalue weighted by atomic mass is 19.4. The minimum Gasteiger partial charge on any atom is -0.322 e. The Balaban J connectivity index is 1.95. The molecule has 3 rings (SSSR count). The van der Waals surface area contributed by atoms with Gasteiger partial charge in [0.2, 0.25) is 0 Å². The molecule has 1 aromatic heterocycles. The van der Waals surface area contributed by atoms with Crippen LogP contribution < -0.4 is 5.32 Å². The first-order valence-electron chi connectivity index (χ1n) is 8.26. The van der Waals surface area contributed by atoms with Gasteiger partial charge in [0.05, 0.1) is 23.3 Å². The first-order valence-corrected chi connectivity index (χ1v) is 8.26. The van der Waals surface area contributed by atoms with Crippen LogP contribution in [0.25, 0.3) is 5.69 Å². The van der Waals surface area contributed by atoms with E-state index in [0.29, 0.717) is 11.3 Å². The molecule has 0 bridgehead atoms. The fourth-order valence-corrected chi connectivity index (χ4v) is 2.70. The Morgan fingerprint density at radius 1 is 1.04 bits per heavy atom. The summed E-state index contributed by atoms with van der Waals surface area (Å²) in [7, 11) is 0. The summed E-state index contributed by atoms with van der Waals surface area (Å²) in [5.74, 6) is -0.461. The van der Waals surface area contributed by atoms with E-state index in [1.54, 1.807) is 25.1 Å². The van der Waals surface area contributed by atoms with E-state index in [1.807, 2.05) is 13.8 Å². The number of alkyl halides is 3. The Hall–Kier alpha value is -3.09. The molecule has 0 aliphatic rings. The molecule has 0 fully saturated rings. The van der Waals surface area contributed by atoms with Crippen LogP contribution in [0.15, 0.2) is 48.9 Å². The van der Waals surface area contributed by atoms with Crippen molar-refractivity contribution in [3.63, 3.8) is 0 Å². The van der Waals surface area contributed by atoms with Crippen LogP contribution in [0, 0.1) is 20.8 Å². The molecule has 0 radical (unpaired) electrons. The Labute approximate surface area is 154 Å². The predicted octanol–water partition coefficient (Wildman–Crippen LogP) is 5.07. The molecular weight excluding hydrogens is 355 g/mol. The van der Waals surface area contributed by atoms with Gasteiger partial charge in [0.1, 0.15) is 0 Å². The monoisotopic (exact) mass is 373 g/mol. The molecular formula is C20H18F3N3O. The standard InChI is InChI=1S/C20H18F3N3O/c1-12-4-5-15(8-13(12)2)19(27)25-16-6-7-18(17(9-16)20(21,22)23)26-10-14(3)24-11-26/h4-11H,1-3H3,(H,25,27). The lowest BCUT2D eigenvalue weighted by Crippen LogP contribution is -2.15. The second-order valence-electron chi connectivity index (χ2n) is 6.41. The summed E-state index contributed by atoms with van der Waals surface area (Å²) < 4.78 is 41.9. The van der Waals surface area contributed by atoms with Crippen LogP contribution in [0.4, 0.5) is 18.9 Å². The van der Waals surface area contributed by atoms with Gasteiger partial charge in [-0.1, -0.05) is 6.07 Å². The van der Waals surface area contributed by atoms with Gasteiger partial charge in [-0.25, -0.2) is 4.98 Å². The fraction of sp³-hybridized carbons (Fsp3) is 0.200. The number of anilines is 1. The molecule has 0 unspecified atom stereocenters. The van der Waals surface area contributed by atoms with Crippen molar-refractivity contribution in [1.29, 1.82) is 0 Å². The van der Waals surface area contributed by atoms with Gasteiger partial charge in [0.15, 0.2) is 0 Å². The Morgan fingerprint density at radius 3 is 2.37 bits per heavy atom. The average molecular weight is 373 g/mol. The van der Waals surface area contributed by atoms with Gasteiger partial charge in [-0.05, 0) is 62.2 Å². The highest BCUT2D eigenvalue weighted by Crippen LogP contribution is 2.35. The van der Waals surface area contributed by atoms with Gasteiger partial charge in [-0.2, -0.15) is 13.2 Å². The molecule has 7 heteroatoms. The molecule has 1 N–H and O–H groups in total. The minimum absolute atomic E-state index is 0.0488. The first-order chi connectivity index (χ1) is 12.6. The van der Waals surface area contributed by atoms with E-state index in [-0.39, 0.29) is 11.4 Å².